The van der Waals surface area contributed by atoms with Crippen LogP contribution in [0.3, 0.4) is 0 Å². The second kappa shape index (κ2) is 4.85. The minimum Gasteiger partial charge on any atom is -0.395 e. The molecule has 1 aromatic heterocycles. The summed E-state index contributed by atoms with van der Waals surface area (Å²) in [5, 5.41) is 16.8. The van der Waals surface area contributed by atoms with E-state index < -0.39 is 5.60 Å². The third kappa shape index (κ3) is 2.73. The fourth-order valence-electron chi connectivity index (χ4n) is 2.31. The molecular weight excluding hydrogens is 244 g/mol. The average Bonchev–Trinajstić information content (AvgIpc) is 2.70. The number of anilines is 1. The fraction of sp³-hybridized carbons (Fsp3) is 0.692. The molecule has 6 nitrogen and oxygen atoms in total. The summed E-state index contributed by atoms with van der Waals surface area (Å²) in [6, 6.07) is 0. The first-order chi connectivity index (χ1) is 8.82. The maximum absolute atomic E-state index is 12.3. The van der Waals surface area contributed by atoms with Gasteiger partial charge in [-0.1, -0.05) is 13.8 Å². The number of aromatic nitrogens is 2. The van der Waals surface area contributed by atoms with Gasteiger partial charge in [0.15, 0.2) is 5.69 Å². The largest absolute Gasteiger partial charge is 0.395 e. The molecule has 0 aromatic carbocycles. The Morgan fingerprint density at radius 3 is 2.53 bits per heavy atom. The van der Waals surface area contributed by atoms with Crippen molar-refractivity contribution >= 4 is 11.6 Å². The minimum atomic E-state index is -0.670. The number of hydrogen-bond donors (Lipinski definition) is 3. The van der Waals surface area contributed by atoms with Crippen LogP contribution < -0.4 is 5.73 Å². The van der Waals surface area contributed by atoms with Crippen LogP contribution in [-0.4, -0.2) is 44.8 Å². The minimum absolute atomic E-state index is 0.156. The summed E-state index contributed by atoms with van der Waals surface area (Å²) in [7, 11) is 0. The van der Waals surface area contributed by atoms with Crippen LogP contribution in [-0.2, 0) is 0 Å². The van der Waals surface area contributed by atoms with Crippen molar-refractivity contribution < 1.29 is 9.90 Å². The first-order valence-corrected chi connectivity index (χ1v) is 6.67. The fourth-order valence-corrected chi connectivity index (χ4v) is 2.31. The number of amides is 1. The van der Waals surface area contributed by atoms with E-state index in [0.717, 1.165) is 5.69 Å². The number of rotatable bonds is 2. The average molecular weight is 266 g/mol. The molecule has 1 aliphatic rings. The van der Waals surface area contributed by atoms with E-state index in [2.05, 4.69) is 10.2 Å². The van der Waals surface area contributed by atoms with Gasteiger partial charge in [0.25, 0.3) is 5.91 Å². The molecular formula is C13H22N4O2. The highest BCUT2D eigenvalue weighted by Gasteiger charge is 2.32. The molecule has 0 atom stereocenters. The number of carbonyl (C=O) groups excluding carboxylic acids is 1. The zero-order valence-electron chi connectivity index (χ0n) is 11.7. The lowest BCUT2D eigenvalue weighted by molar-refractivity contribution is -0.00215. The molecule has 0 radical (unpaired) electrons. The third-order valence-electron chi connectivity index (χ3n) is 3.74. The molecule has 1 fully saturated rings. The monoisotopic (exact) mass is 266 g/mol. The van der Waals surface area contributed by atoms with Crippen LogP contribution >= 0.6 is 0 Å². The molecule has 1 saturated heterocycles. The maximum Gasteiger partial charge on any atom is 0.276 e. The first kappa shape index (κ1) is 13.9. The molecule has 4 N–H and O–H groups in total. The Hall–Kier alpha value is -1.56. The number of nitrogens with two attached hydrogens (primary N) is 1. The van der Waals surface area contributed by atoms with Crippen molar-refractivity contribution in [2.24, 2.45) is 0 Å². The van der Waals surface area contributed by atoms with Crippen LogP contribution in [0.2, 0.25) is 0 Å². The molecule has 1 amide bonds. The standard InChI is InChI=1S/C13H22N4O2/c1-8(2)10-9(14)11(16-15-10)12(18)17-6-4-13(3,19)5-7-17/h8,19H,4-7,14H2,1-3H3,(H,15,16). The molecule has 2 rings (SSSR count). The van der Waals surface area contributed by atoms with Crippen molar-refractivity contribution in [2.75, 3.05) is 18.8 Å². The second-order valence-electron chi connectivity index (χ2n) is 5.84. The van der Waals surface area contributed by atoms with Crippen molar-refractivity contribution in [3.8, 4) is 0 Å². The second-order valence-corrected chi connectivity index (χ2v) is 5.84. The number of hydrogen-bond acceptors (Lipinski definition) is 4. The lowest BCUT2D eigenvalue weighted by Gasteiger charge is -2.35. The highest BCUT2D eigenvalue weighted by atomic mass is 16.3. The Bertz CT molecular complexity index is 469. The van der Waals surface area contributed by atoms with Crippen molar-refractivity contribution in [1.82, 2.24) is 15.1 Å². The summed E-state index contributed by atoms with van der Waals surface area (Å²) in [6.07, 6.45) is 1.17. The number of aliphatic hydroxyl groups is 1. The molecule has 0 bridgehead atoms. The Morgan fingerprint density at radius 1 is 1.47 bits per heavy atom. The van der Waals surface area contributed by atoms with Crippen molar-refractivity contribution in [2.45, 2.75) is 45.1 Å². The van der Waals surface area contributed by atoms with E-state index in [0.29, 0.717) is 37.3 Å². The summed E-state index contributed by atoms with van der Waals surface area (Å²) in [4.78, 5) is 14.1. The zero-order valence-corrected chi connectivity index (χ0v) is 11.7. The lowest BCUT2D eigenvalue weighted by Crippen LogP contribution is -2.45. The smallest absolute Gasteiger partial charge is 0.276 e. The van der Waals surface area contributed by atoms with E-state index in [4.69, 9.17) is 5.73 Å². The number of H-pyrrole nitrogens is 1. The van der Waals surface area contributed by atoms with Crippen LogP contribution in [0.25, 0.3) is 0 Å². The van der Waals surface area contributed by atoms with E-state index in [1.54, 1.807) is 11.8 Å². The third-order valence-corrected chi connectivity index (χ3v) is 3.74. The van der Waals surface area contributed by atoms with Crippen LogP contribution in [0.5, 0.6) is 0 Å². The van der Waals surface area contributed by atoms with E-state index in [9.17, 15) is 9.90 Å². The lowest BCUT2D eigenvalue weighted by atomic mass is 9.93. The molecule has 1 aromatic rings. The van der Waals surface area contributed by atoms with Gasteiger partial charge in [0, 0.05) is 13.1 Å². The van der Waals surface area contributed by atoms with Gasteiger partial charge in [-0.2, -0.15) is 5.10 Å². The maximum atomic E-state index is 12.3. The molecule has 19 heavy (non-hydrogen) atoms. The first-order valence-electron chi connectivity index (χ1n) is 6.67. The number of nitrogens with one attached hydrogen (secondary N) is 1. The predicted molar refractivity (Wildman–Crippen MR) is 72.9 cm³/mol. The number of nitrogens with zero attached hydrogens (tertiary/aromatic N) is 2. The van der Waals surface area contributed by atoms with Gasteiger partial charge in [0.2, 0.25) is 0 Å². The Balaban J connectivity index is 2.13. The van der Waals surface area contributed by atoms with Crippen LogP contribution in [0, 0.1) is 0 Å². The van der Waals surface area contributed by atoms with Gasteiger partial charge in [-0.05, 0) is 25.7 Å². The SMILES string of the molecule is CC(C)c1[nH]nc(C(=O)N2CCC(C)(O)CC2)c1N. The summed E-state index contributed by atoms with van der Waals surface area (Å²) >= 11 is 0. The van der Waals surface area contributed by atoms with E-state index >= 15 is 0 Å². The van der Waals surface area contributed by atoms with E-state index in [-0.39, 0.29) is 11.8 Å². The molecule has 106 valence electrons. The molecule has 0 aliphatic carbocycles. The van der Waals surface area contributed by atoms with Crippen molar-refractivity contribution in [1.29, 1.82) is 0 Å². The van der Waals surface area contributed by atoms with Gasteiger partial charge in [-0.15, -0.1) is 0 Å². The molecule has 2 heterocycles. The number of likely N-dealkylation sites (tertiary alicyclic amines) is 1. The van der Waals surface area contributed by atoms with Gasteiger partial charge in [-0.3, -0.25) is 9.89 Å². The normalized spacial score (nSPS) is 18.9. The molecule has 0 saturated carbocycles. The van der Waals surface area contributed by atoms with Crippen LogP contribution in [0.15, 0.2) is 0 Å². The van der Waals surface area contributed by atoms with Gasteiger partial charge in [0.05, 0.1) is 17.0 Å². The van der Waals surface area contributed by atoms with Crippen molar-refractivity contribution in [3.63, 3.8) is 0 Å². The summed E-state index contributed by atoms with van der Waals surface area (Å²) in [5.74, 6) is 0.0484. The predicted octanol–water partition coefficient (Wildman–Crippen LogP) is 1.10. The zero-order chi connectivity index (χ0) is 14.2. The summed E-state index contributed by atoms with van der Waals surface area (Å²) in [5.41, 5.74) is 6.84. The van der Waals surface area contributed by atoms with Gasteiger partial charge in [0.1, 0.15) is 0 Å². The van der Waals surface area contributed by atoms with Crippen LogP contribution in [0.1, 0.15) is 55.7 Å². The molecule has 6 heteroatoms. The van der Waals surface area contributed by atoms with E-state index in [1.807, 2.05) is 13.8 Å². The van der Waals surface area contributed by atoms with Crippen LogP contribution in [0.4, 0.5) is 5.69 Å². The highest BCUT2D eigenvalue weighted by molar-refractivity contribution is 5.97. The molecule has 0 unspecified atom stereocenters. The van der Waals surface area contributed by atoms with Gasteiger partial charge in [-0.25, -0.2) is 0 Å². The molecule has 1 aliphatic heterocycles. The summed E-state index contributed by atoms with van der Waals surface area (Å²) < 4.78 is 0. The number of carbonyl (C=O) groups is 1. The van der Waals surface area contributed by atoms with E-state index in [1.165, 1.54) is 0 Å². The van der Waals surface area contributed by atoms with Crippen molar-refractivity contribution in [3.05, 3.63) is 11.4 Å². The number of piperidine rings is 1. The Labute approximate surface area is 113 Å². The summed E-state index contributed by atoms with van der Waals surface area (Å²) in [6.45, 7) is 6.87. The van der Waals surface area contributed by atoms with Gasteiger partial charge >= 0.3 is 0 Å². The Kier molecular flexibility index (Phi) is 3.54. The highest BCUT2D eigenvalue weighted by Crippen LogP contribution is 2.26. The quantitative estimate of drug-likeness (QED) is 0.747. The number of aromatic amines is 1. The molecule has 0 spiro atoms. The number of nitrogen functional groups attached to an aromatic ring is 1. The topological polar surface area (TPSA) is 95.2 Å². The Morgan fingerprint density at radius 2 is 2.05 bits per heavy atom. The van der Waals surface area contributed by atoms with Gasteiger partial charge < -0.3 is 15.7 Å².